The Kier molecular flexibility index (Phi) is 3.49. The summed E-state index contributed by atoms with van der Waals surface area (Å²) < 4.78 is 11.9. The molecule has 0 radical (unpaired) electrons. The lowest BCUT2D eigenvalue weighted by atomic mass is 9.83. The van der Waals surface area contributed by atoms with Gasteiger partial charge in [0.2, 0.25) is 0 Å². The number of nitrogens with two attached hydrogens (primary N) is 1. The molecule has 1 fully saturated rings. The van der Waals surface area contributed by atoms with Crippen molar-refractivity contribution in [3.05, 3.63) is 23.9 Å². The Morgan fingerprint density at radius 3 is 2.39 bits per heavy atom. The average Bonchev–Trinajstić information content (AvgIpc) is 2.49. The predicted molar refractivity (Wildman–Crippen MR) is 72.7 cm³/mol. The minimum Gasteiger partial charge on any atom is -0.398 e. The molecule has 0 saturated carbocycles. The molecule has 1 aliphatic rings. The molecular weight excluding hydrogens is 227 g/mol. The lowest BCUT2D eigenvalue weighted by Gasteiger charge is -2.32. The van der Waals surface area contributed by atoms with E-state index in [1.807, 2.05) is 39.8 Å². The van der Waals surface area contributed by atoms with Crippen LogP contribution in [0.1, 0.15) is 33.3 Å². The maximum Gasteiger partial charge on any atom is 0.514 e. The Balaban J connectivity index is 2.21. The van der Waals surface area contributed by atoms with Crippen LogP contribution in [-0.2, 0) is 15.7 Å². The number of rotatable bonds is 3. The van der Waals surface area contributed by atoms with Crippen molar-refractivity contribution < 1.29 is 9.31 Å². The predicted octanol–water partition coefficient (Wildman–Crippen LogP) is 0.882. The Morgan fingerprint density at radius 1 is 1.22 bits per heavy atom. The van der Waals surface area contributed by atoms with Gasteiger partial charge in [0.25, 0.3) is 0 Å². The number of hydrogen-bond acceptors (Lipinski definition) is 4. The van der Waals surface area contributed by atoms with Crippen LogP contribution in [-0.4, -0.2) is 29.8 Å². The molecule has 0 aromatic carbocycles. The summed E-state index contributed by atoms with van der Waals surface area (Å²) in [5.74, 6) is 0. The fraction of sp³-hybridized carbons (Fsp3) is 0.615. The molecule has 2 heterocycles. The molecule has 1 saturated heterocycles. The first-order chi connectivity index (χ1) is 8.36. The van der Waals surface area contributed by atoms with Crippen LogP contribution in [0.4, 0.5) is 0 Å². The number of hydrogen-bond donors (Lipinski definition) is 1. The van der Waals surface area contributed by atoms with Gasteiger partial charge in [-0.05, 0) is 58.4 Å². The van der Waals surface area contributed by atoms with Crippen molar-refractivity contribution in [1.29, 1.82) is 0 Å². The van der Waals surface area contributed by atoms with E-state index >= 15 is 0 Å². The molecule has 5 heteroatoms. The highest BCUT2D eigenvalue weighted by Gasteiger charge is 2.52. The van der Waals surface area contributed by atoms with Crippen molar-refractivity contribution >= 4 is 12.7 Å². The largest absolute Gasteiger partial charge is 0.514 e. The lowest BCUT2D eigenvalue weighted by Crippen LogP contribution is -2.41. The molecule has 18 heavy (non-hydrogen) atoms. The second-order valence-electron chi connectivity index (χ2n) is 5.72. The van der Waals surface area contributed by atoms with E-state index in [9.17, 15) is 0 Å². The zero-order chi connectivity index (χ0) is 13.4. The number of nitrogens with zero attached hydrogens (tertiary/aromatic N) is 1. The van der Waals surface area contributed by atoms with Gasteiger partial charge in [0, 0.05) is 6.20 Å². The van der Waals surface area contributed by atoms with Crippen molar-refractivity contribution in [3.8, 4) is 0 Å². The van der Waals surface area contributed by atoms with Crippen molar-refractivity contribution in [2.24, 2.45) is 5.73 Å². The molecule has 0 amide bonds. The SMILES string of the molecule is CC1(C)OB(c2cc(CCN)ccn2)OC1(C)C. The van der Waals surface area contributed by atoms with Gasteiger partial charge in [0.1, 0.15) is 0 Å². The van der Waals surface area contributed by atoms with E-state index in [0.717, 1.165) is 17.6 Å². The minimum absolute atomic E-state index is 0.330. The van der Waals surface area contributed by atoms with E-state index in [1.54, 1.807) is 6.20 Å². The zero-order valence-corrected chi connectivity index (χ0v) is 11.6. The van der Waals surface area contributed by atoms with Crippen LogP contribution >= 0.6 is 0 Å². The van der Waals surface area contributed by atoms with Crippen LogP contribution in [0.5, 0.6) is 0 Å². The highest BCUT2D eigenvalue weighted by Crippen LogP contribution is 2.36. The molecule has 0 spiro atoms. The Labute approximate surface area is 109 Å². The van der Waals surface area contributed by atoms with Gasteiger partial charge in [-0.15, -0.1) is 0 Å². The standard InChI is InChI=1S/C13H21BN2O2/c1-12(2)13(3,4)18-14(17-12)11-9-10(5-7-15)6-8-16-11/h6,8-9H,5,7,15H2,1-4H3. The summed E-state index contributed by atoms with van der Waals surface area (Å²) >= 11 is 0. The molecule has 0 unspecified atom stereocenters. The Bertz CT molecular complexity index is 419. The van der Waals surface area contributed by atoms with Crippen molar-refractivity contribution in [3.63, 3.8) is 0 Å². The summed E-state index contributed by atoms with van der Waals surface area (Å²) in [6.45, 7) is 8.79. The Morgan fingerprint density at radius 2 is 1.83 bits per heavy atom. The fourth-order valence-corrected chi connectivity index (χ4v) is 1.91. The summed E-state index contributed by atoms with van der Waals surface area (Å²) in [5, 5.41) is 0. The first kappa shape index (κ1) is 13.5. The third-order valence-electron chi connectivity index (χ3n) is 3.77. The smallest absolute Gasteiger partial charge is 0.398 e. The van der Waals surface area contributed by atoms with E-state index < -0.39 is 7.12 Å². The normalized spacial score (nSPS) is 21.3. The van der Waals surface area contributed by atoms with E-state index in [-0.39, 0.29) is 11.2 Å². The second-order valence-corrected chi connectivity index (χ2v) is 5.72. The van der Waals surface area contributed by atoms with E-state index in [2.05, 4.69) is 4.98 Å². The maximum absolute atomic E-state index is 5.97. The third kappa shape index (κ3) is 2.43. The highest BCUT2D eigenvalue weighted by molar-refractivity contribution is 6.61. The van der Waals surface area contributed by atoms with Crippen LogP contribution < -0.4 is 11.3 Å². The molecule has 2 N–H and O–H groups in total. The first-order valence-electron chi connectivity index (χ1n) is 6.36. The van der Waals surface area contributed by atoms with Gasteiger partial charge in [0.05, 0.1) is 16.8 Å². The topological polar surface area (TPSA) is 57.4 Å². The Hall–Kier alpha value is -0.905. The van der Waals surface area contributed by atoms with Crippen LogP contribution in [0.15, 0.2) is 18.3 Å². The second kappa shape index (κ2) is 4.65. The molecule has 0 atom stereocenters. The molecule has 0 bridgehead atoms. The zero-order valence-electron chi connectivity index (χ0n) is 11.6. The lowest BCUT2D eigenvalue weighted by molar-refractivity contribution is 0.00578. The average molecular weight is 248 g/mol. The van der Waals surface area contributed by atoms with Crippen molar-refractivity contribution in [2.45, 2.75) is 45.3 Å². The third-order valence-corrected chi connectivity index (χ3v) is 3.77. The van der Waals surface area contributed by atoms with Gasteiger partial charge in [-0.3, -0.25) is 4.98 Å². The highest BCUT2D eigenvalue weighted by atomic mass is 16.7. The van der Waals surface area contributed by atoms with Crippen LogP contribution in [0.25, 0.3) is 0 Å². The summed E-state index contributed by atoms with van der Waals surface area (Å²) in [4.78, 5) is 4.34. The molecule has 1 aromatic heterocycles. The molecule has 2 rings (SSSR count). The molecule has 1 aliphatic heterocycles. The van der Waals surface area contributed by atoms with Gasteiger partial charge < -0.3 is 15.0 Å². The fourth-order valence-electron chi connectivity index (χ4n) is 1.91. The first-order valence-corrected chi connectivity index (χ1v) is 6.36. The van der Waals surface area contributed by atoms with Gasteiger partial charge in [-0.1, -0.05) is 0 Å². The minimum atomic E-state index is -0.396. The van der Waals surface area contributed by atoms with E-state index in [0.29, 0.717) is 6.54 Å². The quantitative estimate of drug-likeness (QED) is 0.807. The van der Waals surface area contributed by atoms with Crippen LogP contribution in [0.3, 0.4) is 0 Å². The van der Waals surface area contributed by atoms with Crippen molar-refractivity contribution in [2.75, 3.05) is 6.54 Å². The van der Waals surface area contributed by atoms with Crippen LogP contribution in [0, 0.1) is 0 Å². The van der Waals surface area contributed by atoms with Gasteiger partial charge in [0.15, 0.2) is 0 Å². The van der Waals surface area contributed by atoms with Gasteiger partial charge in [-0.2, -0.15) is 0 Å². The van der Waals surface area contributed by atoms with Crippen LogP contribution in [0.2, 0.25) is 0 Å². The van der Waals surface area contributed by atoms with Crippen molar-refractivity contribution in [1.82, 2.24) is 4.98 Å². The molecular formula is C13H21BN2O2. The summed E-state index contributed by atoms with van der Waals surface area (Å²) in [6.07, 6.45) is 2.63. The number of aromatic nitrogens is 1. The van der Waals surface area contributed by atoms with Gasteiger partial charge >= 0.3 is 7.12 Å². The molecule has 4 nitrogen and oxygen atoms in total. The molecule has 0 aliphatic carbocycles. The summed E-state index contributed by atoms with van der Waals surface area (Å²) in [5.41, 5.74) is 6.89. The summed E-state index contributed by atoms with van der Waals surface area (Å²) in [7, 11) is -0.396. The maximum atomic E-state index is 5.97. The monoisotopic (exact) mass is 248 g/mol. The number of pyridine rings is 1. The summed E-state index contributed by atoms with van der Waals surface area (Å²) in [6, 6.07) is 3.98. The van der Waals surface area contributed by atoms with Gasteiger partial charge in [-0.25, -0.2) is 0 Å². The molecule has 98 valence electrons. The van der Waals surface area contributed by atoms with E-state index in [4.69, 9.17) is 15.0 Å². The van der Waals surface area contributed by atoms with E-state index in [1.165, 1.54) is 0 Å². The molecule has 1 aromatic rings.